The zero-order valence-corrected chi connectivity index (χ0v) is 17.6. The van der Waals surface area contributed by atoms with Crippen molar-refractivity contribution in [2.24, 2.45) is 4.99 Å². The first-order valence-corrected chi connectivity index (χ1v) is 12.1. The molecule has 2 fully saturated rings. The van der Waals surface area contributed by atoms with E-state index in [1.807, 2.05) is 12.1 Å². The van der Waals surface area contributed by atoms with E-state index in [9.17, 15) is 8.42 Å². The monoisotopic (exact) mass is 411 g/mol. The van der Waals surface area contributed by atoms with Crippen molar-refractivity contribution in [3.8, 4) is 0 Å². The number of aliphatic imine (C=N–C) groups is 1. The summed E-state index contributed by atoms with van der Waals surface area (Å²) in [7, 11) is -2.83. The van der Waals surface area contributed by atoms with Gasteiger partial charge in [0.1, 0.15) is 5.76 Å². The second-order valence-electron chi connectivity index (χ2n) is 7.41. The second kappa shape index (κ2) is 10.3. The van der Waals surface area contributed by atoms with Crippen molar-refractivity contribution in [3.05, 3.63) is 24.2 Å². The summed E-state index contributed by atoms with van der Waals surface area (Å²) in [6.45, 7) is 8.45. The summed E-state index contributed by atoms with van der Waals surface area (Å²) in [4.78, 5) is 9.43. The first-order valence-electron chi connectivity index (χ1n) is 10.3. The van der Waals surface area contributed by atoms with Crippen LogP contribution in [0.3, 0.4) is 0 Å². The third-order valence-corrected chi connectivity index (χ3v) is 6.99. The van der Waals surface area contributed by atoms with Gasteiger partial charge >= 0.3 is 0 Å². The summed E-state index contributed by atoms with van der Waals surface area (Å²) in [5.74, 6) is 2.29. The van der Waals surface area contributed by atoms with Gasteiger partial charge in [0.15, 0.2) is 15.8 Å². The van der Waals surface area contributed by atoms with Gasteiger partial charge in [-0.1, -0.05) is 0 Å². The minimum absolute atomic E-state index is 0.167. The first-order chi connectivity index (χ1) is 13.6. The summed E-state index contributed by atoms with van der Waals surface area (Å²) >= 11 is 0. The SMILES string of the molecule is CCNC(=NCC(c1ccco1)N1CCCC1)NCCN1CCS(=O)(=O)CC1. The fourth-order valence-corrected chi connectivity index (χ4v) is 5.02. The third kappa shape index (κ3) is 6.22. The number of sulfone groups is 1. The number of likely N-dealkylation sites (tertiary alicyclic amines) is 1. The van der Waals surface area contributed by atoms with Gasteiger partial charge in [-0.25, -0.2) is 8.42 Å². The second-order valence-corrected chi connectivity index (χ2v) is 9.72. The molecule has 3 rings (SSSR count). The summed E-state index contributed by atoms with van der Waals surface area (Å²) in [5, 5.41) is 6.68. The van der Waals surface area contributed by atoms with E-state index in [2.05, 4.69) is 27.4 Å². The summed E-state index contributed by atoms with van der Waals surface area (Å²) in [5.41, 5.74) is 0. The molecular formula is C19H33N5O3S. The van der Waals surface area contributed by atoms with Crippen molar-refractivity contribution >= 4 is 15.8 Å². The molecule has 1 atom stereocenters. The molecule has 3 heterocycles. The predicted octanol–water partition coefficient (Wildman–Crippen LogP) is 0.702. The molecule has 0 spiro atoms. The van der Waals surface area contributed by atoms with E-state index in [-0.39, 0.29) is 17.5 Å². The smallest absolute Gasteiger partial charge is 0.191 e. The van der Waals surface area contributed by atoms with Gasteiger partial charge in [0.2, 0.25) is 0 Å². The molecule has 0 bridgehead atoms. The molecule has 2 saturated heterocycles. The lowest BCUT2D eigenvalue weighted by atomic mass is 10.2. The normalized spacial score (nSPS) is 22.2. The molecule has 0 amide bonds. The van der Waals surface area contributed by atoms with Crippen molar-refractivity contribution in [2.75, 3.05) is 63.9 Å². The van der Waals surface area contributed by atoms with Gasteiger partial charge in [-0.3, -0.25) is 14.8 Å². The van der Waals surface area contributed by atoms with Gasteiger partial charge in [0, 0.05) is 32.7 Å². The molecule has 9 heteroatoms. The van der Waals surface area contributed by atoms with Crippen LogP contribution >= 0.6 is 0 Å². The fourth-order valence-electron chi connectivity index (χ4n) is 3.75. The number of nitrogens with zero attached hydrogens (tertiary/aromatic N) is 3. The molecule has 0 saturated carbocycles. The molecule has 8 nitrogen and oxygen atoms in total. The number of guanidine groups is 1. The molecule has 0 aliphatic carbocycles. The van der Waals surface area contributed by atoms with Crippen LogP contribution in [0.25, 0.3) is 0 Å². The molecule has 1 aromatic heterocycles. The van der Waals surface area contributed by atoms with Gasteiger partial charge in [0.25, 0.3) is 0 Å². The number of furan rings is 1. The molecule has 2 aliphatic rings. The highest BCUT2D eigenvalue weighted by Crippen LogP contribution is 2.25. The molecule has 0 radical (unpaired) electrons. The van der Waals surface area contributed by atoms with Gasteiger partial charge in [-0.2, -0.15) is 0 Å². The van der Waals surface area contributed by atoms with E-state index in [0.29, 0.717) is 19.6 Å². The van der Waals surface area contributed by atoms with Crippen molar-refractivity contribution < 1.29 is 12.8 Å². The van der Waals surface area contributed by atoms with Crippen molar-refractivity contribution in [3.63, 3.8) is 0 Å². The number of hydrogen-bond donors (Lipinski definition) is 2. The maximum absolute atomic E-state index is 11.5. The van der Waals surface area contributed by atoms with Crippen molar-refractivity contribution in [1.29, 1.82) is 0 Å². The lowest BCUT2D eigenvalue weighted by molar-refractivity contribution is 0.221. The lowest BCUT2D eigenvalue weighted by Gasteiger charge is -2.27. The first kappa shape index (κ1) is 21.1. The van der Waals surface area contributed by atoms with E-state index < -0.39 is 9.84 Å². The Bertz CT molecular complexity index is 700. The number of hydrogen-bond acceptors (Lipinski definition) is 6. The van der Waals surface area contributed by atoms with Crippen LogP contribution in [0.15, 0.2) is 27.8 Å². The van der Waals surface area contributed by atoms with Gasteiger partial charge < -0.3 is 15.1 Å². The Morgan fingerprint density at radius 3 is 2.61 bits per heavy atom. The summed E-state index contributed by atoms with van der Waals surface area (Å²) < 4.78 is 28.7. The maximum Gasteiger partial charge on any atom is 0.191 e. The van der Waals surface area contributed by atoms with Crippen molar-refractivity contribution in [2.45, 2.75) is 25.8 Å². The van der Waals surface area contributed by atoms with Gasteiger partial charge in [-0.05, 0) is 45.0 Å². The van der Waals surface area contributed by atoms with Crippen LogP contribution in [0.2, 0.25) is 0 Å². The summed E-state index contributed by atoms with van der Waals surface area (Å²) in [6.07, 6.45) is 4.18. The third-order valence-electron chi connectivity index (χ3n) is 5.38. The standard InChI is InChI=1S/C19H33N5O3S/c1-2-20-19(21-7-10-23-11-14-28(25,26)15-12-23)22-16-17(18-6-5-13-27-18)24-8-3-4-9-24/h5-6,13,17H,2-4,7-12,14-16H2,1H3,(H2,20,21,22). The Morgan fingerprint density at radius 2 is 1.96 bits per heavy atom. The zero-order chi connectivity index (χ0) is 19.8. The fraction of sp³-hybridized carbons (Fsp3) is 0.737. The Kier molecular flexibility index (Phi) is 7.75. The maximum atomic E-state index is 11.5. The van der Waals surface area contributed by atoms with Gasteiger partial charge in [0.05, 0.1) is 30.4 Å². The Hall–Kier alpha value is -1.58. The topological polar surface area (TPSA) is 90.2 Å². The molecule has 0 aromatic carbocycles. The Balaban J connectivity index is 1.52. The number of rotatable bonds is 8. The van der Waals surface area contributed by atoms with E-state index in [4.69, 9.17) is 9.41 Å². The molecule has 1 aromatic rings. The van der Waals surface area contributed by atoms with Crippen LogP contribution in [0, 0.1) is 0 Å². The average molecular weight is 412 g/mol. The minimum Gasteiger partial charge on any atom is -0.468 e. The molecule has 2 aliphatic heterocycles. The largest absolute Gasteiger partial charge is 0.468 e. The van der Waals surface area contributed by atoms with E-state index in [0.717, 1.165) is 44.4 Å². The summed E-state index contributed by atoms with van der Waals surface area (Å²) in [6, 6.07) is 4.13. The zero-order valence-electron chi connectivity index (χ0n) is 16.8. The van der Waals surface area contributed by atoms with Crippen LogP contribution in [0.5, 0.6) is 0 Å². The predicted molar refractivity (Wildman–Crippen MR) is 111 cm³/mol. The van der Waals surface area contributed by atoms with Crippen LogP contribution < -0.4 is 10.6 Å². The van der Waals surface area contributed by atoms with E-state index in [1.165, 1.54) is 12.8 Å². The highest BCUT2D eigenvalue weighted by molar-refractivity contribution is 7.91. The molecule has 1 unspecified atom stereocenters. The van der Waals surface area contributed by atoms with Crippen LogP contribution in [-0.2, 0) is 9.84 Å². The van der Waals surface area contributed by atoms with Crippen LogP contribution in [0.4, 0.5) is 0 Å². The highest BCUT2D eigenvalue weighted by Gasteiger charge is 2.25. The Morgan fingerprint density at radius 1 is 1.21 bits per heavy atom. The molecule has 28 heavy (non-hydrogen) atoms. The lowest BCUT2D eigenvalue weighted by Crippen LogP contribution is -2.46. The van der Waals surface area contributed by atoms with Crippen LogP contribution in [-0.4, -0.2) is 88.0 Å². The number of nitrogens with one attached hydrogen (secondary N) is 2. The molecular weight excluding hydrogens is 378 g/mol. The molecule has 2 N–H and O–H groups in total. The Labute approximate surface area is 168 Å². The highest BCUT2D eigenvalue weighted by atomic mass is 32.2. The average Bonchev–Trinajstić information content (AvgIpc) is 3.38. The van der Waals surface area contributed by atoms with E-state index in [1.54, 1.807) is 6.26 Å². The quantitative estimate of drug-likeness (QED) is 0.481. The molecule has 158 valence electrons. The minimum atomic E-state index is -2.83. The van der Waals surface area contributed by atoms with E-state index >= 15 is 0 Å². The van der Waals surface area contributed by atoms with Crippen molar-refractivity contribution in [1.82, 2.24) is 20.4 Å². The van der Waals surface area contributed by atoms with Crippen LogP contribution in [0.1, 0.15) is 31.6 Å². The van der Waals surface area contributed by atoms with Gasteiger partial charge in [-0.15, -0.1) is 0 Å².